The van der Waals surface area contributed by atoms with Crippen molar-refractivity contribution in [2.45, 2.75) is 6.92 Å². The normalized spacial score (nSPS) is 13.0. The van der Waals surface area contributed by atoms with E-state index >= 15 is 0 Å². The van der Waals surface area contributed by atoms with E-state index in [1.807, 2.05) is 42.0 Å². The zero-order chi connectivity index (χ0) is 22.2. The first-order valence-corrected chi connectivity index (χ1v) is 10.4. The van der Waals surface area contributed by atoms with Gasteiger partial charge in [0.1, 0.15) is 5.56 Å². The van der Waals surface area contributed by atoms with Crippen LogP contribution in [0.4, 0.5) is 17.3 Å². The van der Waals surface area contributed by atoms with E-state index in [0.29, 0.717) is 21.7 Å². The van der Waals surface area contributed by atoms with E-state index in [9.17, 15) is 4.79 Å². The van der Waals surface area contributed by atoms with Crippen molar-refractivity contribution in [3.8, 4) is 11.6 Å². The fourth-order valence-corrected chi connectivity index (χ4v) is 3.94. The number of rotatable bonds is 4. The molecule has 4 aromatic rings. The van der Waals surface area contributed by atoms with Gasteiger partial charge in [-0.15, -0.1) is 0 Å². The maximum Gasteiger partial charge on any atom is 0.268 e. The van der Waals surface area contributed by atoms with Gasteiger partial charge in [-0.2, -0.15) is 4.98 Å². The number of nitrogens with zero attached hydrogens (tertiary/aromatic N) is 5. The molecule has 0 saturated carbocycles. The third kappa shape index (κ3) is 3.74. The highest BCUT2D eigenvalue weighted by atomic mass is 35.5. The average Bonchev–Trinajstić information content (AvgIpc) is 3.22. The van der Waals surface area contributed by atoms with Gasteiger partial charge in [0.05, 0.1) is 27.8 Å². The van der Waals surface area contributed by atoms with Gasteiger partial charge in [-0.05, 0) is 43.3 Å². The van der Waals surface area contributed by atoms with Crippen LogP contribution in [0.1, 0.15) is 16.1 Å². The highest BCUT2D eigenvalue weighted by molar-refractivity contribution is 6.40. The fourth-order valence-electron chi connectivity index (χ4n) is 3.33. The quantitative estimate of drug-likeness (QED) is 0.454. The molecular weight excluding hydrogens is 451 g/mol. The standard InChI is InChI=1S/C22H16Cl2N6O2/c1-13-10-29(11-26-13)15-7-5-14(6-8-15)27-22-25-9-16-20(28-22)32-12-30(21(16)31)19-17(23)3-2-4-18(19)24/h2-11H,12H2,1H3,(H,25,27,28). The van der Waals surface area contributed by atoms with Crippen LogP contribution in [-0.2, 0) is 0 Å². The minimum atomic E-state index is -0.340. The topological polar surface area (TPSA) is 85.2 Å². The zero-order valence-corrected chi connectivity index (χ0v) is 18.3. The van der Waals surface area contributed by atoms with Crippen molar-refractivity contribution >= 4 is 46.4 Å². The summed E-state index contributed by atoms with van der Waals surface area (Å²) in [5.41, 5.74) is 3.33. The number of hydrogen-bond acceptors (Lipinski definition) is 6. The Morgan fingerprint density at radius 1 is 1.06 bits per heavy atom. The molecule has 0 spiro atoms. The first kappa shape index (κ1) is 20.3. The summed E-state index contributed by atoms with van der Waals surface area (Å²) in [4.78, 5) is 27.2. The second-order valence-corrected chi connectivity index (χ2v) is 7.90. The van der Waals surface area contributed by atoms with Gasteiger partial charge in [-0.3, -0.25) is 9.69 Å². The third-order valence-corrected chi connectivity index (χ3v) is 5.51. The summed E-state index contributed by atoms with van der Waals surface area (Å²) >= 11 is 12.5. The van der Waals surface area contributed by atoms with Gasteiger partial charge in [0.15, 0.2) is 6.73 Å². The number of hydrogen-bond donors (Lipinski definition) is 1. The molecule has 32 heavy (non-hydrogen) atoms. The summed E-state index contributed by atoms with van der Waals surface area (Å²) in [6.07, 6.45) is 5.13. The molecule has 2 aromatic heterocycles. The summed E-state index contributed by atoms with van der Waals surface area (Å²) < 4.78 is 7.65. The minimum absolute atomic E-state index is 0.0647. The number of amides is 1. The lowest BCUT2D eigenvalue weighted by Gasteiger charge is -2.29. The maximum absolute atomic E-state index is 13.0. The van der Waals surface area contributed by atoms with Crippen molar-refractivity contribution in [1.29, 1.82) is 0 Å². The van der Waals surface area contributed by atoms with Crippen LogP contribution < -0.4 is 15.0 Å². The van der Waals surface area contributed by atoms with Crippen LogP contribution in [0.15, 0.2) is 61.2 Å². The van der Waals surface area contributed by atoms with Crippen molar-refractivity contribution in [3.63, 3.8) is 0 Å². The highest BCUT2D eigenvalue weighted by Gasteiger charge is 2.31. The van der Waals surface area contributed by atoms with E-state index in [1.165, 1.54) is 11.1 Å². The number of aromatic nitrogens is 4. The lowest BCUT2D eigenvalue weighted by atomic mass is 10.2. The van der Waals surface area contributed by atoms with Crippen LogP contribution in [0.25, 0.3) is 5.69 Å². The van der Waals surface area contributed by atoms with Gasteiger partial charge in [0.2, 0.25) is 11.8 Å². The predicted octanol–water partition coefficient (Wildman–Crippen LogP) is 5.02. The molecule has 160 valence electrons. The maximum atomic E-state index is 13.0. The largest absolute Gasteiger partial charge is 0.455 e. The van der Waals surface area contributed by atoms with E-state index in [0.717, 1.165) is 17.1 Å². The second-order valence-electron chi connectivity index (χ2n) is 7.08. The average molecular weight is 467 g/mol. The lowest BCUT2D eigenvalue weighted by molar-refractivity contribution is 0.0932. The summed E-state index contributed by atoms with van der Waals surface area (Å²) in [5.74, 6) is 0.164. The van der Waals surface area contributed by atoms with Crippen LogP contribution in [0.3, 0.4) is 0 Å². The van der Waals surface area contributed by atoms with Crippen molar-refractivity contribution in [1.82, 2.24) is 19.5 Å². The molecule has 1 amide bonds. The van der Waals surface area contributed by atoms with Crippen molar-refractivity contribution in [2.24, 2.45) is 0 Å². The van der Waals surface area contributed by atoms with Crippen LogP contribution >= 0.6 is 23.2 Å². The SMILES string of the molecule is Cc1cn(-c2ccc(Nc3ncc4c(n3)OCN(c3c(Cl)cccc3Cl)C4=O)cc2)cn1. The Hall–Kier alpha value is -3.62. The molecule has 8 nitrogen and oxygen atoms in total. The Kier molecular flexibility index (Phi) is 5.16. The molecule has 1 aliphatic rings. The third-order valence-electron chi connectivity index (χ3n) is 4.90. The number of anilines is 3. The van der Waals surface area contributed by atoms with Crippen LogP contribution in [0.5, 0.6) is 5.88 Å². The second kappa shape index (κ2) is 8.14. The zero-order valence-electron chi connectivity index (χ0n) is 16.8. The van der Waals surface area contributed by atoms with Crippen molar-refractivity contribution < 1.29 is 9.53 Å². The Balaban J connectivity index is 1.35. The predicted molar refractivity (Wildman–Crippen MR) is 122 cm³/mol. The number of halogens is 2. The van der Waals surface area contributed by atoms with E-state index < -0.39 is 0 Å². The van der Waals surface area contributed by atoms with E-state index in [-0.39, 0.29) is 24.1 Å². The van der Waals surface area contributed by atoms with E-state index in [4.69, 9.17) is 27.9 Å². The number of nitrogens with one attached hydrogen (secondary N) is 1. The van der Waals surface area contributed by atoms with Crippen molar-refractivity contribution in [3.05, 3.63) is 82.5 Å². The Morgan fingerprint density at radius 2 is 1.81 bits per heavy atom. The lowest BCUT2D eigenvalue weighted by Crippen LogP contribution is -2.39. The molecule has 0 atom stereocenters. The van der Waals surface area contributed by atoms with Gasteiger partial charge in [-0.1, -0.05) is 29.3 Å². The molecule has 0 unspecified atom stereocenters. The van der Waals surface area contributed by atoms with Crippen molar-refractivity contribution in [2.75, 3.05) is 16.9 Å². The van der Waals surface area contributed by atoms with E-state index in [2.05, 4.69) is 20.3 Å². The Labute approximate surface area is 193 Å². The van der Waals surface area contributed by atoms with Gasteiger partial charge >= 0.3 is 0 Å². The number of ether oxygens (including phenoxy) is 1. The van der Waals surface area contributed by atoms with Crippen LogP contribution in [0, 0.1) is 6.92 Å². The number of carbonyl (C=O) groups is 1. The first-order chi connectivity index (χ1) is 15.5. The number of aryl methyl sites for hydroxylation is 1. The van der Waals surface area contributed by atoms with Gasteiger partial charge < -0.3 is 14.6 Å². The van der Waals surface area contributed by atoms with Gasteiger partial charge in [0.25, 0.3) is 5.91 Å². The molecule has 0 fully saturated rings. The minimum Gasteiger partial charge on any atom is -0.455 e. The molecule has 3 heterocycles. The first-order valence-electron chi connectivity index (χ1n) is 9.63. The Morgan fingerprint density at radius 3 is 2.50 bits per heavy atom. The molecule has 1 N–H and O–H groups in total. The van der Waals surface area contributed by atoms with E-state index in [1.54, 1.807) is 24.5 Å². The molecular formula is C22H16Cl2N6O2. The summed E-state index contributed by atoms with van der Waals surface area (Å²) in [7, 11) is 0. The number of benzene rings is 2. The molecule has 0 saturated heterocycles. The highest BCUT2D eigenvalue weighted by Crippen LogP contribution is 2.37. The molecule has 2 aromatic carbocycles. The van der Waals surface area contributed by atoms with Crippen LogP contribution in [0.2, 0.25) is 10.0 Å². The Bertz CT molecular complexity index is 1300. The summed E-state index contributed by atoms with van der Waals surface area (Å²) in [5, 5.41) is 3.83. The number of fused-ring (bicyclic) bond motifs is 1. The molecule has 5 rings (SSSR count). The van der Waals surface area contributed by atoms with Gasteiger partial charge in [0, 0.05) is 23.8 Å². The fraction of sp³-hybridized carbons (Fsp3) is 0.0909. The molecule has 0 aliphatic carbocycles. The van der Waals surface area contributed by atoms with Crippen LogP contribution in [-0.4, -0.2) is 32.2 Å². The number of imidazole rings is 1. The number of carbonyl (C=O) groups excluding carboxylic acids is 1. The summed E-state index contributed by atoms with van der Waals surface area (Å²) in [6, 6.07) is 12.7. The summed E-state index contributed by atoms with van der Waals surface area (Å²) in [6.45, 7) is 1.87. The molecule has 0 bridgehead atoms. The monoisotopic (exact) mass is 466 g/mol. The number of para-hydroxylation sites is 1. The van der Waals surface area contributed by atoms with Gasteiger partial charge in [-0.25, -0.2) is 9.97 Å². The molecule has 1 aliphatic heterocycles. The molecule has 0 radical (unpaired) electrons. The molecule has 10 heteroatoms. The smallest absolute Gasteiger partial charge is 0.268 e.